The lowest BCUT2D eigenvalue weighted by molar-refractivity contribution is 0.533. The lowest BCUT2D eigenvalue weighted by Gasteiger charge is -2.05. The van der Waals surface area contributed by atoms with Crippen molar-refractivity contribution in [1.82, 2.24) is 19.5 Å². The van der Waals surface area contributed by atoms with Gasteiger partial charge in [0, 0.05) is 18.7 Å². The lowest BCUT2D eigenvalue weighted by Crippen LogP contribution is -2.23. The first kappa shape index (κ1) is 16.5. The zero-order valence-electron chi connectivity index (χ0n) is 11.7. The number of hydrogen-bond donors (Lipinski definition) is 1. The van der Waals surface area contributed by atoms with Crippen LogP contribution in [0.25, 0.3) is 0 Å². The molecule has 0 radical (unpaired) electrons. The van der Waals surface area contributed by atoms with Gasteiger partial charge in [-0.15, -0.1) is 0 Å². The van der Waals surface area contributed by atoms with Crippen molar-refractivity contribution in [2.24, 2.45) is 0 Å². The Morgan fingerprint density at radius 3 is 2.74 bits per heavy atom. The molecule has 6 nitrogen and oxygen atoms in total. The van der Waals surface area contributed by atoms with Gasteiger partial charge in [0.2, 0.25) is 10.0 Å². The number of nitrogens with one attached hydrogen (secondary N) is 1. The second kappa shape index (κ2) is 7.86. The number of rotatable bonds is 9. The van der Waals surface area contributed by atoms with Crippen LogP contribution >= 0.6 is 11.8 Å². The highest BCUT2D eigenvalue weighted by molar-refractivity contribution is 7.98. The highest BCUT2D eigenvalue weighted by Crippen LogP contribution is 2.05. The first-order valence-electron chi connectivity index (χ1n) is 6.32. The summed E-state index contributed by atoms with van der Waals surface area (Å²) in [4.78, 5) is 4.42. The molecule has 0 bridgehead atoms. The molecule has 0 fully saturated rings. The SMILES string of the molecule is CCCCn1nc(CCSC)nc1CNS(C)(=O)=O. The first-order valence-corrected chi connectivity index (χ1v) is 9.61. The van der Waals surface area contributed by atoms with Crippen LogP contribution in [-0.4, -0.2) is 41.4 Å². The molecule has 0 amide bonds. The normalized spacial score (nSPS) is 11.9. The standard InChI is InChI=1S/C11H22N4O2S2/c1-4-5-7-15-11(9-12-19(3,16)17)13-10(14-15)6-8-18-2/h12H,4-9H2,1-3H3. The van der Waals surface area contributed by atoms with Crippen molar-refractivity contribution in [2.45, 2.75) is 39.3 Å². The van der Waals surface area contributed by atoms with Gasteiger partial charge in [0.05, 0.1) is 12.8 Å². The smallest absolute Gasteiger partial charge is 0.209 e. The van der Waals surface area contributed by atoms with Crippen LogP contribution in [0.3, 0.4) is 0 Å². The van der Waals surface area contributed by atoms with Gasteiger partial charge in [-0.1, -0.05) is 13.3 Å². The van der Waals surface area contributed by atoms with Crippen LogP contribution in [0.4, 0.5) is 0 Å². The molecule has 19 heavy (non-hydrogen) atoms. The van der Waals surface area contributed by atoms with Crippen molar-refractivity contribution in [3.8, 4) is 0 Å². The number of sulfonamides is 1. The Morgan fingerprint density at radius 2 is 2.16 bits per heavy atom. The van der Waals surface area contributed by atoms with Crippen LogP contribution in [0.1, 0.15) is 31.4 Å². The lowest BCUT2D eigenvalue weighted by atomic mass is 10.3. The van der Waals surface area contributed by atoms with E-state index in [1.54, 1.807) is 11.8 Å². The zero-order chi connectivity index (χ0) is 14.3. The summed E-state index contributed by atoms with van der Waals surface area (Å²) in [7, 11) is -3.20. The Labute approximate surface area is 119 Å². The molecule has 1 heterocycles. The maximum atomic E-state index is 11.1. The van der Waals surface area contributed by atoms with Gasteiger partial charge in [-0.3, -0.25) is 0 Å². The maximum Gasteiger partial charge on any atom is 0.209 e. The van der Waals surface area contributed by atoms with Crippen molar-refractivity contribution in [2.75, 3.05) is 18.3 Å². The number of nitrogens with zero attached hydrogens (tertiary/aromatic N) is 3. The molecule has 0 saturated heterocycles. The third-order valence-electron chi connectivity index (χ3n) is 2.54. The molecule has 0 aliphatic carbocycles. The van der Waals surface area contributed by atoms with Crippen LogP contribution < -0.4 is 4.72 Å². The Kier molecular flexibility index (Phi) is 6.81. The Bertz CT molecular complexity index is 485. The highest BCUT2D eigenvalue weighted by Gasteiger charge is 2.11. The molecule has 1 rings (SSSR count). The second-order valence-electron chi connectivity index (χ2n) is 4.36. The molecule has 8 heteroatoms. The predicted octanol–water partition coefficient (Wildman–Crippen LogP) is 1.03. The summed E-state index contributed by atoms with van der Waals surface area (Å²) in [6.45, 7) is 3.10. The fourth-order valence-corrected chi connectivity index (χ4v) is 2.32. The first-order chi connectivity index (χ1) is 8.96. The van der Waals surface area contributed by atoms with Gasteiger partial charge in [-0.05, 0) is 12.7 Å². The number of thioether (sulfide) groups is 1. The van der Waals surface area contributed by atoms with Gasteiger partial charge in [-0.2, -0.15) is 16.9 Å². The van der Waals surface area contributed by atoms with Crippen LogP contribution in [0.5, 0.6) is 0 Å². The molecule has 0 saturated carbocycles. The number of unbranched alkanes of at least 4 members (excludes halogenated alkanes) is 1. The number of aryl methyl sites for hydroxylation is 2. The zero-order valence-corrected chi connectivity index (χ0v) is 13.4. The van der Waals surface area contributed by atoms with Crippen LogP contribution in [0.15, 0.2) is 0 Å². The molecule has 110 valence electrons. The predicted molar refractivity (Wildman–Crippen MR) is 78.7 cm³/mol. The number of aromatic nitrogens is 3. The van der Waals surface area contributed by atoms with Gasteiger partial charge in [0.1, 0.15) is 5.82 Å². The monoisotopic (exact) mass is 306 g/mol. The molecular formula is C11H22N4O2S2. The summed E-state index contributed by atoms with van der Waals surface area (Å²) in [5, 5.41) is 4.44. The van der Waals surface area contributed by atoms with Gasteiger partial charge in [0.15, 0.2) is 5.82 Å². The van der Waals surface area contributed by atoms with E-state index in [1.165, 1.54) is 0 Å². The van der Waals surface area contributed by atoms with E-state index in [2.05, 4.69) is 21.7 Å². The van der Waals surface area contributed by atoms with Crippen LogP contribution in [0, 0.1) is 0 Å². The van der Waals surface area contributed by atoms with Crippen molar-refractivity contribution in [3.05, 3.63) is 11.6 Å². The van der Waals surface area contributed by atoms with Crippen molar-refractivity contribution >= 4 is 21.8 Å². The molecule has 1 aromatic heterocycles. The van der Waals surface area contributed by atoms with E-state index in [0.29, 0.717) is 5.82 Å². The molecule has 0 unspecified atom stereocenters. The summed E-state index contributed by atoms with van der Waals surface area (Å²) < 4.78 is 26.6. The summed E-state index contributed by atoms with van der Waals surface area (Å²) in [5.74, 6) is 2.45. The summed E-state index contributed by atoms with van der Waals surface area (Å²) in [6.07, 6.45) is 6.08. The molecular weight excluding hydrogens is 284 g/mol. The van der Waals surface area contributed by atoms with Crippen molar-refractivity contribution < 1.29 is 8.42 Å². The minimum atomic E-state index is -3.20. The number of hydrogen-bond acceptors (Lipinski definition) is 5. The van der Waals surface area contributed by atoms with E-state index in [-0.39, 0.29) is 6.54 Å². The molecule has 0 spiro atoms. The summed E-state index contributed by atoms with van der Waals surface area (Å²) >= 11 is 1.75. The van der Waals surface area contributed by atoms with Crippen molar-refractivity contribution in [3.63, 3.8) is 0 Å². The van der Waals surface area contributed by atoms with E-state index in [9.17, 15) is 8.42 Å². The average Bonchev–Trinajstić information content (AvgIpc) is 2.73. The van der Waals surface area contributed by atoms with Crippen LogP contribution in [0.2, 0.25) is 0 Å². The van der Waals surface area contributed by atoms with E-state index in [1.807, 2.05) is 10.9 Å². The quantitative estimate of drug-likeness (QED) is 0.737. The second-order valence-corrected chi connectivity index (χ2v) is 7.18. The highest BCUT2D eigenvalue weighted by atomic mass is 32.2. The topological polar surface area (TPSA) is 76.9 Å². The van der Waals surface area contributed by atoms with Gasteiger partial charge < -0.3 is 0 Å². The van der Waals surface area contributed by atoms with Crippen molar-refractivity contribution in [1.29, 1.82) is 0 Å². The molecule has 0 aromatic carbocycles. The Hall–Kier alpha value is -0.600. The summed E-state index contributed by atoms with van der Waals surface area (Å²) in [5.41, 5.74) is 0. The molecule has 0 aliphatic rings. The van der Waals surface area contributed by atoms with E-state index >= 15 is 0 Å². The fourth-order valence-electron chi connectivity index (χ4n) is 1.54. The van der Waals surface area contributed by atoms with E-state index in [0.717, 1.165) is 43.6 Å². The Morgan fingerprint density at radius 1 is 1.42 bits per heavy atom. The molecule has 0 atom stereocenters. The molecule has 1 aromatic rings. The summed E-state index contributed by atoms with van der Waals surface area (Å²) in [6, 6.07) is 0. The molecule has 0 aliphatic heterocycles. The average molecular weight is 306 g/mol. The fraction of sp³-hybridized carbons (Fsp3) is 0.818. The minimum Gasteiger partial charge on any atom is -0.248 e. The van der Waals surface area contributed by atoms with Crippen LogP contribution in [-0.2, 0) is 29.5 Å². The Balaban J connectivity index is 2.76. The van der Waals surface area contributed by atoms with Gasteiger partial charge >= 0.3 is 0 Å². The van der Waals surface area contributed by atoms with Gasteiger partial charge in [-0.25, -0.2) is 22.8 Å². The minimum absolute atomic E-state index is 0.203. The van der Waals surface area contributed by atoms with E-state index < -0.39 is 10.0 Å². The van der Waals surface area contributed by atoms with E-state index in [4.69, 9.17) is 0 Å². The molecule has 1 N–H and O–H groups in total. The largest absolute Gasteiger partial charge is 0.248 e. The third kappa shape index (κ3) is 6.40. The third-order valence-corrected chi connectivity index (χ3v) is 3.82. The van der Waals surface area contributed by atoms with Gasteiger partial charge in [0.25, 0.3) is 0 Å². The maximum absolute atomic E-state index is 11.1.